The van der Waals surface area contributed by atoms with Crippen LogP contribution < -0.4 is 5.32 Å². The SMILES string of the molecule is CC(=O)c1cccc(NC(=O)COC(=O)CCC(=O)c2ccc3c(c2)CCC3)c1. The topological polar surface area (TPSA) is 89.5 Å². The summed E-state index contributed by atoms with van der Waals surface area (Å²) in [5, 5.41) is 2.57. The Balaban J connectivity index is 1.42. The van der Waals surface area contributed by atoms with E-state index in [9.17, 15) is 19.2 Å². The molecule has 6 heteroatoms. The fraction of sp³-hybridized carbons (Fsp3) is 0.304. The highest BCUT2D eigenvalue weighted by molar-refractivity contribution is 5.99. The van der Waals surface area contributed by atoms with Crippen molar-refractivity contribution < 1.29 is 23.9 Å². The number of fused-ring (bicyclic) bond motifs is 1. The van der Waals surface area contributed by atoms with Crippen molar-refractivity contribution in [1.29, 1.82) is 0 Å². The molecule has 6 nitrogen and oxygen atoms in total. The molecule has 1 aliphatic carbocycles. The van der Waals surface area contributed by atoms with Gasteiger partial charge in [-0.15, -0.1) is 0 Å². The summed E-state index contributed by atoms with van der Waals surface area (Å²) in [5.74, 6) is -1.33. The van der Waals surface area contributed by atoms with Gasteiger partial charge in [0.15, 0.2) is 18.2 Å². The van der Waals surface area contributed by atoms with Gasteiger partial charge in [0, 0.05) is 23.2 Å². The predicted molar refractivity (Wildman–Crippen MR) is 108 cm³/mol. The molecule has 1 amide bonds. The van der Waals surface area contributed by atoms with Crippen molar-refractivity contribution in [3.8, 4) is 0 Å². The van der Waals surface area contributed by atoms with Crippen molar-refractivity contribution in [2.45, 2.75) is 39.0 Å². The number of hydrogen-bond donors (Lipinski definition) is 1. The molecule has 2 aromatic carbocycles. The third-order valence-electron chi connectivity index (χ3n) is 4.89. The van der Waals surface area contributed by atoms with Gasteiger partial charge in [0.25, 0.3) is 5.91 Å². The van der Waals surface area contributed by atoms with E-state index in [0.717, 1.165) is 19.3 Å². The van der Waals surface area contributed by atoms with E-state index in [-0.39, 0.29) is 24.4 Å². The minimum Gasteiger partial charge on any atom is -0.456 e. The summed E-state index contributed by atoms with van der Waals surface area (Å²) in [6.07, 6.45) is 3.11. The summed E-state index contributed by atoms with van der Waals surface area (Å²) in [6, 6.07) is 12.2. The van der Waals surface area contributed by atoms with E-state index in [2.05, 4.69) is 5.32 Å². The summed E-state index contributed by atoms with van der Waals surface area (Å²) < 4.78 is 4.94. The average Bonchev–Trinajstić information content (AvgIpc) is 3.18. The summed E-state index contributed by atoms with van der Waals surface area (Å²) >= 11 is 0. The van der Waals surface area contributed by atoms with Crippen molar-refractivity contribution in [2.24, 2.45) is 0 Å². The fourth-order valence-corrected chi connectivity index (χ4v) is 3.34. The van der Waals surface area contributed by atoms with E-state index in [1.807, 2.05) is 12.1 Å². The number of hydrogen-bond acceptors (Lipinski definition) is 5. The van der Waals surface area contributed by atoms with Gasteiger partial charge < -0.3 is 10.1 Å². The normalized spacial score (nSPS) is 12.2. The summed E-state index contributed by atoms with van der Waals surface area (Å²) in [5.41, 5.74) is 4.04. The maximum atomic E-state index is 12.3. The van der Waals surface area contributed by atoms with E-state index in [4.69, 9.17) is 4.74 Å². The number of aryl methyl sites for hydroxylation is 2. The van der Waals surface area contributed by atoms with Crippen LogP contribution in [0.5, 0.6) is 0 Å². The molecule has 0 radical (unpaired) electrons. The Morgan fingerprint density at radius 1 is 0.931 bits per heavy atom. The van der Waals surface area contributed by atoms with E-state index >= 15 is 0 Å². The highest BCUT2D eigenvalue weighted by atomic mass is 16.5. The molecule has 0 aromatic heterocycles. The molecule has 1 aliphatic rings. The number of carbonyl (C=O) groups excluding carboxylic acids is 4. The zero-order valence-electron chi connectivity index (χ0n) is 16.3. The lowest BCUT2D eigenvalue weighted by atomic mass is 10.0. The van der Waals surface area contributed by atoms with Gasteiger partial charge in [0.05, 0.1) is 6.42 Å². The van der Waals surface area contributed by atoms with Gasteiger partial charge in [-0.3, -0.25) is 19.2 Å². The lowest BCUT2D eigenvalue weighted by Gasteiger charge is -2.08. The third-order valence-corrected chi connectivity index (χ3v) is 4.89. The first-order valence-corrected chi connectivity index (χ1v) is 9.64. The van der Waals surface area contributed by atoms with Crippen LogP contribution in [0.3, 0.4) is 0 Å². The van der Waals surface area contributed by atoms with Gasteiger partial charge in [0.2, 0.25) is 0 Å². The number of anilines is 1. The molecule has 0 saturated heterocycles. The van der Waals surface area contributed by atoms with Gasteiger partial charge in [0.1, 0.15) is 0 Å². The minimum atomic E-state index is -0.604. The van der Waals surface area contributed by atoms with Crippen molar-refractivity contribution in [3.63, 3.8) is 0 Å². The Morgan fingerprint density at radius 3 is 2.52 bits per heavy atom. The summed E-state index contributed by atoms with van der Waals surface area (Å²) in [6.45, 7) is 0.989. The van der Waals surface area contributed by atoms with Crippen LogP contribution in [0.2, 0.25) is 0 Å². The van der Waals surface area contributed by atoms with Crippen molar-refractivity contribution >= 4 is 29.1 Å². The highest BCUT2D eigenvalue weighted by Crippen LogP contribution is 2.23. The zero-order valence-corrected chi connectivity index (χ0v) is 16.3. The second kappa shape index (κ2) is 9.28. The Hall–Kier alpha value is -3.28. The minimum absolute atomic E-state index is 0.0416. The standard InChI is InChI=1S/C23H23NO5/c1-15(25)17-5-3-7-20(13-17)24-22(27)14-29-23(28)11-10-21(26)19-9-8-16-4-2-6-18(16)12-19/h3,5,7-9,12-13H,2,4,6,10-11,14H2,1H3,(H,24,27). The first kappa shape index (κ1) is 20.5. The van der Waals surface area contributed by atoms with Crippen molar-refractivity contribution in [1.82, 2.24) is 0 Å². The molecule has 2 aromatic rings. The van der Waals surface area contributed by atoms with Gasteiger partial charge in [-0.1, -0.05) is 24.3 Å². The number of carbonyl (C=O) groups is 4. The molecule has 29 heavy (non-hydrogen) atoms. The number of amides is 1. The van der Waals surface area contributed by atoms with Crippen LogP contribution in [0.1, 0.15) is 58.0 Å². The average molecular weight is 393 g/mol. The molecule has 1 N–H and O–H groups in total. The summed E-state index contributed by atoms with van der Waals surface area (Å²) in [7, 11) is 0. The number of ether oxygens (including phenoxy) is 1. The van der Waals surface area contributed by atoms with Crippen LogP contribution in [-0.2, 0) is 27.2 Å². The van der Waals surface area contributed by atoms with Crippen LogP contribution in [0, 0.1) is 0 Å². The maximum Gasteiger partial charge on any atom is 0.306 e. The number of ketones is 2. The molecular formula is C23H23NO5. The number of benzene rings is 2. The van der Waals surface area contributed by atoms with Gasteiger partial charge in [-0.25, -0.2) is 0 Å². The van der Waals surface area contributed by atoms with Crippen LogP contribution in [-0.4, -0.2) is 30.0 Å². The van der Waals surface area contributed by atoms with Crippen LogP contribution >= 0.6 is 0 Å². The Bertz CT molecular complexity index is 963. The monoisotopic (exact) mass is 393 g/mol. The van der Waals surface area contributed by atoms with Crippen molar-refractivity contribution in [2.75, 3.05) is 11.9 Å². The smallest absolute Gasteiger partial charge is 0.306 e. The Kier molecular flexibility index (Phi) is 6.54. The quantitative estimate of drug-likeness (QED) is 0.547. The molecular weight excluding hydrogens is 370 g/mol. The van der Waals surface area contributed by atoms with Gasteiger partial charge >= 0.3 is 5.97 Å². The summed E-state index contributed by atoms with van der Waals surface area (Å²) in [4.78, 5) is 47.5. The molecule has 150 valence electrons. The molecule has 0 saturated carbocycles. The second-order valence-corrected chi connectivity index (χ2v) is 7.11. The number of nitrogens with one attached hydrogen (secondary N) is 1. The lowest BCUT2D eigenvalue weighted by molar-refractivity contribution is -0.147. The van der Waals surface area contributed by atoms with Crippen LogP contribution in [0.15, 0.2) is 42.5 Å². The zero-order chi connectivity index (χ0) is 20.8. The van der Waals surface area contributed by atoms with Gasteiger partial charge in [-0.2, -0.15) is 0 Å². The van der Waals surface area contributed by atoms with Crippen LogP contribution in [0.4, 0.5) is 5.69 Å². The molecule has 0 aliphatic heterocycles. The molecule has 3 rings (SSSR count). The van der Waals surface area contributed by atoms with E-state index in [1.165, 1.54) is 18.1 Å². The maximum absolute atomic E-state index is 12.3. The molecule has 0 unspecified atom stereocenters. The molecule has 0 atom stereocenters. The Morgan fingerprint density at radius 2 is 1.72 bits per heavy atom. The number of Topliss-reactive ketones (excluding diaryl/α,β-unsaturated/α-hetero) is 2. The molecule has 0 bridgehead atoms. The third kappa shape index (κ3) is 5.60. The van der Waals surface area contributed by atoms with Crippen LogP contribution in [0.25, 0.3) is 0 Å². The van der Waals surface area contributed by atoms with E-state index in [1.54, 1.807) is 30.3 Å². The fourth-order valence-electron chi connectivity index (χ4n) is 3.34. The second-order valence-electron chi connectivity index (χ2n) is 7.11. The molecule has 0 fully saturated rings. The van der Waals surface area contributed by atoms with E-state index in [0.29, 0.717) is 16.8 Å². The first-order valence-electron chi connectivity index (χ1n) is 9.64. The first-order chi connectivity index (χ1) is 13.9. The highest BCUT2D eigenvalue weighted by Gasteiger charge is 2.16. The van der Waals surface area contributed by atoms with E-state index < -0.39 is 18.5 Å². The molecule has 0 spiro atoms. The largest absolute Gasteiger partial charge is 0.456 e. The lowest BCUT2D eigenvalue weighted by Crippen LogP contribution is -2.21. The molecule has 0 heterocycles. The van der Waals surface area contributed by atoms with Gasteiger partial charge in [-0.05, 0) is 55.5 Å². The van der Waals surface area contributed by atoms with Crippen molar-refractivity contribution in [3.05, 3.63) is 64.7 Å². The number of rotatable bonds is 8. The Labute approximate surface area is 169 Å². The predicted octanol–water partition coefficient (Wildman–Crippen LogP) is 3.52. The number of esters is 1.